The topological polar surface area (TPSA) is 57.9 Å². The van der Waals surface area contributed by atoms with E-state index < -0.39 is 0 Å². The maximum Gasteiger partial charge on any atom is 0.0644 e. The third-order valence-electron chi connectivity index (χ3n) is 3.51. The lowest BCUT2D eigenvalue weighted by atomic mass is 9.81. The molecule has 1 aliphatic heterocycles. The van der Waals surface area contributed by atoms with Crippen LogP contribution in [-0.4, -0.2) is 35.2 Å². The van der Waals surface area contributed by atoms with E-state index in [4.69, 9.17) is 5.73 Å². The van der Waals surface area contributed by atoms with Crippen LogP contribution in [0.1, 0.15) is 29.8 Å². The van der Waals surface area contributed by atoms with E-state index in [0.29, 0.717) is 0 Å². The average Bonchev–Trinajstić information content (AvgIpc) is 2.52. The molecule has 0 bridgehead atoms. The normalized spacial score (nSPS) is 21.9. The molecule has 1 saturated heterocycles. The van der Waals surface area contributed by atoms with Gasteiger partial charge in [-0.3, -0.25) is 5.10 Å². The van der Waals surface area contributed by atoms with Gasteiger partial charge in [-0.05, 0) is 46.8 Å². The number of nitrogens with two attached hydrogens (primary N) is 1. The molecule has 1 aromatic rings. The summed E-state index contributed by atoms with van der Waals surface area (Å²) in [6.07, 6.45) is 2.04. The second-order valence-corrected chi connectivity index (χ2v) is 4.77. The van der Waals surface area contributed by atoms with Crippen molar-refractivity contribution in [3.63, 3.8) is 0 Å². The zero-order chi connectivity index (χ0) is 11.1. The molecule has 2 heterocycles. The summed E-state index contributed by atoms with van der Waals surface area (Å²) in [5, 5.41) is 7.26. The van der Waals surface area contributed by atoms with E-state index in [9.17, 15) is 0 Å². The monoisotopic (exact) mass is 208 g/mol. The highest BCUT2D eigenvalue weighted by atomic mass is 15.1. The Kier molecular flexibility index (Phi) is 2.56. The van der Waals surface area contributed by atoms with Crippen LogP contribution < -0.4 is 5.73 Å². The highest BCUT2D eigenvalue weighted by molar-refractivity contribution is 5.32. The van der Waals surface area contributed by atoms with Gasteiger partial charge in [-0.2, -0.15) is 5.10 Å². The van der Waals surface area contributed by atoms with Gasteiger partial charge in [0.15, 0.2) is 0 Å². The molecule has 1 fully saturated rings. The van der Waals surface area contributed by atoms with Crippen LogP contribution in [-0.2, 0) is 5.54 Å². The number of hydrogen-bond donors (Lipinski definition) is 2. The summed E-state index contributed by atoms with van der Waals surface area (Å²) in [4.78, 5) is 2.33. The van der Waals surface area contributed by atoms with Gasteiger partial charge in [0, 0.05) is 16.8 Å². The summed E-state index contributed by atoms with van der Waals surface area (Å²) in [7, 11) is 2.15. The number of rotatable bonds is 1. The van der Waals surface area contributed by atoms with Gasteiger partial charge >= 0.3 is 0 Å². The third-order valence-corrected chi connectivity index (χ3v) is 3.51. The maximum atomic E-state index is 6.50. The number of likely N-dealkylation sites (tertiary alicyclic amines) is 1. The van der Waals surface area contributed by atoms with Crippen LogP contribution in [0, 0.1) is 13.8 Å². The first kappa shape index (κ1) is 10.6. The highest BCUT2D eigenvalue weighted by Crippen LogP contribution is 2.32. The largest absolute Gasteiger partial charge is 0.321 e. The number of piperidine rings is 1. The lowest BCUT2D eigenvalue weighted by Gasteiger charge is -2.38. The molecule has 0 aliphatic carbocycles. The van der Waals surface area contributed by atoms with Crippen LogP contribution in [0.3, 0.4) is 0 Å². The molecule has 15 heavy (non-hydrogen) atoms. The lowest BCUT2D eigenvalue weighted by Crippen LogP contribution is -2.47. The number of aromatic amines is 1. The number of nitrogens with one attached hydrogen (secondary N) is 1. The lowest BCUT2D eigenvalue weighted by molar-refractivity contribution is 0.190. The summed E-state index contributed by atoms with van der Waals surface area (Å²) in [6, 6.07) is 0. The predicted octanol–water partition coefficient (Wildman–Crippen LogP) is 0.906. The summed E-state index contributed by atoms with van der Waals surface area (Å²) >= 11 is 0. The molecule has 84 valence electrons. The van der Waals surface area contributed by atoms with Crippen LogP contribution in [0.15, 0.2) is 0 Å². The van der Waals surface area contributed by atoms with Gasteiger partial charge < -0.3 is 10.6 Å². The molecule has 0 amide bonds. The molecule has 0 spiro atoms. The molecule has 4 heteroatoms. The van der Waals surface area contributed by atoms with Crippen LogP contribution >= 0.6 is 0 Å². The van der Waals surface area contributed by atoms with Crippen LogP contribution in [0.2, 0.25) is 0 Å². The standard InChI is InChI=1S/C11H20N4/c1-8-10(9(2)14-13-8)11(12)4-6-15(3)7-5-11/h4-7,12H2,1-3H3,(H,13,14). The summed E-state index contributed by atoms with van der Waals surface area (Å²) in [6.45, 7) is 6.23. The summed E-state index contributed by atoms with van der Waals surface area (Å²) in [5.74, 6) is 0. The quantitative estimate of drug-likeness (QED) is 0.721. The van der Waals surface area contributed by atoms with Crippen molar-refractivity contribution >= 4 is 0 Å². The Labute approximate surface area is 90.8 Å². The van der Waals surface area contributed by atoms with Gasteiger partial charge in [0.2, 0.25) is 0 Å². The molecule has 2 rings (SSSR count). The van der Waals surface area contributed by atoms with Gasteiger partial charge in [0.25, 0.3) is 0 Å². The Bertz CT molecular complexity index is 328. The second-order valence-electron chi connectivity index (χ2n) is 4.77. The maximum absolute atomic E-state index is 6.50. The molecule has 3 N–H and O–H groups in total. The molecule has 0 radical (unpaired) electrons. The summed E-state index contributed by atoms with van der Waals surface area (Å²) < 4.78 is 0. The van der Waals surface area contributed by atoms with Crippen molar-refractivity contribution in [3.05, 3.63) is 17.0 Å². The van der Waals surface area contributed by atoms with Crippen molar-refractivity contribution in [1.29, 1.82) is 0 Å². The SMILES string of the molecule is Cc1n[nH]c(C)c1C1(N)CCN(C)CC1. The minimum atomic E-state index is -0.173. The third kappa shape index (κ3) is 1.79. The Morgan fingerprint density at radius 1 is 1.33 bits per heavy atom. The first-order chi connectivity index (χ1) is 7.03. The van der Waals surface area contributed by atoms with Gasteiger partial charge in [0.05, 0.1) is 5.69 Å². The molecule has 1 aliphatic rings. The van der Waals surface area contributed by atoms with Crippen LogP contribution in [0.4, 0.5) is 0 Å². The fourth-order valence-electron chi connectivity index (χ4n) is 2.55. The van der Waals surface area contributed by atoms with Crippen LogP contribution in [0.25, 0.3) is 0 Å². The van der Waals surface area contributed by atoms with E-state index in [-0.39, 0.29) is 5.54 Å². The van der Waals surface area contributed by atoms with E-state index >= 15 is 0 Å². The van der Waals surface area contributed by atoms with E-state index in [1.54, 1.807) is 0 Å². The van der Waals surface area contributed by atoms with E-state index in [2.05, 4.69) is 29.1 Å². The second kappa shape index (κ2) is 3.61. The van der Waals surface area contributed by atoms with Gasteiger partial charge in [-0.25, -0.2) is 0 Å². The van der Waals surface area contributed by atoms with Gasteiger partial charge in [0.1, 0.15) is 0 Å². The highest BCUT2D eigenvalue weighted by Gasteiger charge is 2.34. The van der Waals surface area contributed by atoms with Crippen molar-refractivity contribution in [2.24, 2.45) is 5.73 Å². The Balaban J connectivity index is 2.30. The molecule has 0 atom stereocenters. The van der Waals surface area contributed by atoms with Crippen molar-refractivity contribution < 1.29 is 0 Å². The van der Waals surface area contributed by atoms with Crippen molar-refractivity contribution in [2.75, 3.05) is 20.1 Å². The number of hydrogen-bond acceptors (Lipinski definition) is 3. The molecule has 0 aromatic carbocycles. The molecule has 0 unspecified atom stereocenters. The van der Waals surface area contributed by atoms with Crippen molar-refractivity contribution in [2.45, 2.75) is 32.2 Å². The number of aryl methyl sites for hydroxylation is 2. The van der Waals surface area contributed by atoms with Gasteiger partial charge in [-0.15, -0.1) is 0 Å². The predicted molar refractivity (Wildman–Crippen MR) is 60.7 cm³/mol. The van der Waals surface area contributed by atoms with Crippen LogP contribution in [0.5, 0.6) is 0 Å². The minimum Gasteiger partial charge on any atom is -0.321 e. The van der Waals surface area contributed by atoms with E-state index in [0.717, 1.165) is 37.3 Å². The molecule has 0 saturated carbocycles. The first-order valence-electron chi connectivity index (χ1n) is 5.52. The molecular weight excluding hydrogens is 188 g/mol. The zero-order valence-electron chi connectivity index (χ0n) is 9.80. The Hall–Kier alpha value is -0.870. The molecule has 4 nitrogen and oxygen atoms in total. The Morgan fingerprint density at radius 3 is 2.40 bits per heavy atom. The van der Waals surface area contributed by atoms with Gasteiger partial charge in [-0.1, -0.05) is 0 Å². The fourth-order valence-corrected chi connectivity index (χ4v) is 2.55. The fraction of sp³-hybridized carbons (Fsp3) is 0.727. The van der Waals surface area contributed by atoms with E-state index in [1.807, 2.05) is 6.92 Å². The first-order valence-corrected chi connectivity index (χ1v) is 5.52. The van der Waals surface area contributed by atoms with Crippen molar-refractivity contribution in [3.8, 4) is 0 Å². The number of H-pyrrole nitrogens is 1. The number of aromatic nitrogens is 2. The molecule has 1 aromatic heterocycles. The minimum absolute atomic E-state index is 0.173. The van der Waals surface area contributed by atoms with E-state index in [1.165, 1.54) is 5.56 Å². The average molecular weight is 208 g/mol. The zero-order valence-corrected chi connectivity index (χ0v) is 9.80. The molecular formula is C11H20N4. The smallest absolute Gasteiger partial charge is 0.0644 e. The number of nitrogens with zero attached hydrogens (tertiary/aromatic N) is 2. The summed E-state index contributed by atoms with van der Waals surface area (Å²) in [5.41, 5.74) is 9.74. The Morgan fingerprint density at radius 2 is 1.93 bits per heavy atom. The van der Waals surface area contributed by atoms with Crippen molar-refractivity contribution in [1.82, 2.24) is 15.1 Å².